The van der Waals surface area contributed by atoms with Crippen molar-refractivity contribution >= 4 is 11.8 Å². The molecule has 164 valence electrons. The Hall–Kier alpha value is -1.86. The maximum absolute atomic E-state index is 5.12. The smallest absolute Gasteiger partial charge is 0.191 e. The molecule has 2 N–H and O–H groups in total. The molecule has 2 heterocycles. The molecule has 0 atom stereocenters. The molecular weight excluding hydrogens is 364 g/mol. The summed E-state index contributed by atoms with van der Waals surface area (Å²) in [6, 6.07) is 4.26. The van der Waals surface area contributed by atoms with Crippen LogP contribution in [0.15, 0.2) is 23.3 Å². The second kappa shape index (κ2) is 14.2. The van der Waals surface area contributed by atoms with E-state index in [1.165, 1.54) is 31.2 Å². The van der Waals surface area contributed by atoms with Crippen LogP contribution < -0.4 is 15.5 Å². The van der Waals surface area contributed by atoms with Crippen molar-refractivity contribution in [2.45, 2.75) is 45.6 Å². The molecule has 0 bridgehead atoms. The Bertz CT molecular complexity index is 586. The fraction of sp³-hybridized carbons (Fsp3) is 0.727. The van der Waals surface area contributed by atoms with Gasteiger partial charge in [-0.2, -0.15) is 0 Å². The van der Waals surface area contributed by atoms with E-state index >= 15 is 0 Å². The number of aliphatic imine (C=N–C) groups is 1. The molecule has 1 aliphatic heterocycles. The predicted molar refractivity (Wildman–Crippen MR) is 122 cm³/mol. The topological polar surface area (TPSA) is 65.0 Å². The monoisotopic (exact) mass is 404 g/mol. The molecule has 0 saturated carbocycles. The van der Waals surface area contributed by atoms with Crippen molar-refractivity contribution in [3.05, 3.63) is 23.9 Å². The number of rotatable bonds is 11. The molecule has 1 aromatic rings. The molecule has 7 nitrogen and oxygen atoms in total. The molecule has 0 unspecified atom stereocenters. The van der Waals surface area contributed by atoms with Crippen molar-refractivity contribution in [1.82, 2.24) is 20.5 Å². The summed E-state index contributed by atoms with van der Waals surface area (Å²) in [5.74, 6) is 1.96. The van der Waals surface area contributed by atoms with Crippen LogP contribution in [0.3, 0.4) is 0 Å². The molecule has 1 fully saturated rings. The van der Waals surface area contributed by atoms with E-state index in [1.807, 2.05) is 6.20 Å². The van der Waals surface area contributed by atoms with E-state index in [-0.39, 0.29) is 0 Å². The van der Waals surface area contributed by atoms with Crippen molar-refractivity contribution in [2.24, 2.45) is 4.99 Å². The minimum absolute atomic E-state index is 0.655. The Morgan fingerprint density at radius 3 is 2.72 bits per heavy atom. The lowest BCUT2D eigenvalue weighted by Crippen LogP contribution is -2.41. The average molecular weight is 405 g/mol. The van der Waals surface area contributed by atoms with Crippen LogP contribution in [0.2, 0.25) is 0 Å². The Labute approximate surface area is 176 Å². The summed E-state index contributed by atoms with van der Waals surface area (Å²) in [6.07, 6.45) is 8.17. The van der Waals surface area contributed by atoms with Crippen LogP contribution in [0.1, 0.15) is 44.6 Å². The molecule has 7 heteroatoms. The van der Waals surface area contributed by atoms with Gasteiger partial charge in [-0.3, -0.25) is 0 Å². The maximum Gasteiger partial charge on any atom is 0.191 e. The Morgan fingerprint density at radius 2 is 2.00 bits per heavy atom. The third kappa shape index (κ3) is 9.45. The Balaban J connectivity index is 1.84. The van der Waals surface area contributed by atoms with E-state index in [9.17, 15) is 0 Å². The molecule has 1 saturated heterocycles. The van der Waals surface area contributed by atoms with Crippen molar-refractivity contribution < 1.29 is 4.74 Å². The quantitative estimate of drug-likeness (QED) is 0.336. The highest BCUT2D eigenvalue weighted by Gasteiger charge is 2.11. The van der Waals surface area contributed by atoms with E-state index in [1.54, 1.807) is 7.11 Å². The average Bonchev–Trinajstić information content (AvgIpc) is 3.02. The highest BCUT2D eigenvalue weighted by atomic mass is 16.5. The number of likely N-dealkylation sites (N-methyl/N-ethyl adjacent to an activating group) is 1. The van der Waals surface area contributed by atoms with E-state index in [2.05, 4.69) is 51.5 Å². The number of aromatic nitrogens is 1. The first-order valence-corrected chi connectivity index (χ1v) is 11.1. The maximum atomic E-state index is 5.12. The zero-order chi connectivity index (χ0) is 20.7. The van der Waals surface area contributed by atoms with Gasteiger partial charge in [-0.25, -0.2) is 9.98 Å². The van der Waals surface area contributed by atoms with Gasteiger partial charge < -0.3 is 25.2 Å². The highest BCUT2D eigenvalue weighted by Crippen LogP contribution is 2.18. The zero-order valence-corrected chi connectivity index (χ0v) is 18.6. The van der Waals surface area contributed by atoms with Gasteiger partial charge in [0.1, 0.15) is 5.82 Å². The van der Waals surface area contributed by atoms with Gasteiger partial charge in [0.05, 0.1) is 6.54 Å². The van der Waals surface area contributed by atoms with E-state index < -0.39 is 0 Å². The van der Waals surface area contributed by atoms with Crippen LogP contribution in [-0.4, -0.2) is 75.9 Å². The first-order valence-electron chi connectivity index (χ1n) is 11.1. The van der Waals surface area contributed by atoms with E-state index in [0.717, 1.165) is 64.1 Å². The first kappa shape index (κ1) is 23.4. The van der Waals surface area contributed by atoms with Crippen LogP contribution in [0, 0.1) is 0 Å². The van der Waals surface area contributed by atoms with Crippen LogP contribution in [0.4, 0.5) is 5.82 Å². The van der Waals surface area contributed by atoms with Crippen molar-refractivity contribution in [3.8, 4) is 0 Å². The fourth-order valence-electron chi connectivity index (χ4n) is 3.50. The molecule has 0 spiro atoms. The largest absolute Gasteiger partial charge is 0.385 e. The molecule has 2 rings (SSSR count). The van der Waals surface area contributed by atoms with Gasteiger partial charge in [-0.15, -0.1) is 0 Å². The van der Waals surface area contributed by atoms with E-state index in [0.29, 0.717) is 6.54 Å². The summed E-state index contributed by atoms with van der Waals surface area (Å²) in [4.78, 5) is 14.1. The van der Waals surface area contributed by atoms with Gasteiger partial charge >= 0.3 is 0 Å². The van der Waals surface area contributed by atoms with Gasteiger partial charge in [0.2, 0.25) is 0 Å². The molecule has 0 radical (unpaired) electrons. The molecule has 0 aliphatic carbocycles. The molecule has 1 aliphatic rings. The normalized spacial score (nSPS) is 15.4. The summed E-state index contributed by atoms with van der Waals surface area (Å²) < 4.78 is 5.12. The van der Waals surface area contributed by atoms with Crippen molar-refractivity contribution in [2.75, 3.05) is 64.9 Å². The number of guanidine groups is 1. The minimum Gasteiger partial charge on any atom is -0.385 e. The number of anilines is 1. The molecule has 1 aromatic heterocycles. The molecular formula is C22H40N6O. The molecule has 0 amide bonds. The molecule has 29 heavy (non-hydrogen) atoms. The Kier molecular flexibility index (Phi) is 11.4. The summed E-state index contributed by atoms with van der Waals surface area (Å²) >= 11 is 0. The summed E-state index contributed by atoms with van der Waals surface area (Å²) in [7, 11) is 3.89. The Morgan fingerprint density at radius 1 is 1.21 bits per heavy atom. The molecule has 0 aromatic carbocycles. The predicted octanol–water partition coefficient (Wildman–Crippen LogP) is 2.49. The summed E-state index contributed by atoms with van der Waals surface area (Å²) in [5, 5.41) is 6.78. The zero-order valence-electron chi connectivity index (χ0n) is 18.6. The SMILES string of the molecule is CCNC(=NCc1ccnc(N2CCCCCC2)c1)NCCN(C)CCCOC. The van der Waals surface area contributed by atoms with Gasteiger partial charge in [-0.1, -0.05) is 12.8 Å². The lowest BCUT2D eigenvalue weighted by molar-refractivity contribution is 0.180. The third-order valence-corrected chi connectivity index (χ3v) is 5.18. The van der Waals surface area contributed by atoms with Gasteiger partial charge in [0.15, 0.2) is 5.96 Å². The number of ether oxygens (including phenoxy) is 1. The van der Waals surface area contributed by atoms with Crippen LogP contribution in [0.25, 0.3) is 0 Å². The van der Waals surface area contributed by atoms with Crippen molar-refractivity contribution in [1.29, 1.82) is 0 Å². The number of nitrogens with zero attached hydrogens (tertiary/aromatic N) is 4. The van der Waals surface area contributed by atoms with Crippen LogP contribution >= 0.6 is 0 Å². The standard InChI is InChI=1S/C22H40N6O/c1-4-23-22(25-12-16-27(2)13-9-17-29-3)26-19-20-10-11-24-21(18-20)28-14-7-5-6-8-15-28/h10-11,18H,4-9,12-17,19H2,1-3H3,(H2,23,25,26). The number of methoxy groups -OCH3 is 1. The number of nitrogens with one attached hydrogen (secondary N) is 2. The second-order valence-electron chi connectivity index (χ2n) is 7.70. The number of hydrogen-bond acceptors (Lipinski definition) is 5. The summed E-state index contributed by atoms with van der Waals surface area (Å²) in [6.45, 7) is 9.52. The minimum atomic E-state index is 0.655. The lowest BCUT2D eigenvalue weighted by atomic mass is 10.2. The van der Waals surface area contributed by atoms with Crippen LogP contribution in [0.5, 0.6) is 0 Å². The third-order valence-electron chi connectivity index (χ3n) is 5.18. The van der Waals surface area contributed by atoms with Gasteiger partial charge in [0, 0.05) is 59.2 Å². The lowest BCUT2D eigenvalue weighted by Gasteiger charge is -2.21. The van der Waals surface area contributed by atoms with E-state index in [4.69, 9.17) is 9.73 Å². The van der Waals surface area contributed by atoms with Gasteiger partial charge in [0.25, 0.3) is 0 Å². The summed E-state index contributed by atoms with van der Waals surface area (Å²) in [5.41, 5.74) is 1.20. The first-order chi connectivity index (χ1) is 14.2. The van der Waals surface area contributed by atoms with Gasteiger partial charge in [-0.05, 0) is 50.9 Å². The number of pyridine rings is 1. The highest BCUT2D eigenvalue weighted by molar-refractivity contribution is 5.79. The number of hydrogen-bond donors (Lipinski definition) is 2. The van der Waals surface area contributed by atoms with Crippen LogP contribution in [-0.2, 0) is 11.3 Å². The fourth-order valence-corrected chi connectivity index (χ4v) is 3.50. The van der Waals surface area contributed by atoms with Crippen molar-refractivity contribution in [3.63, 3.8) is 0 Å². The second-order valence-corrected chi connectivity index (χ2v) is 7.70.